The lowest BCUT2D eigenvalue weighted by Crippen LogP contribution is -2.02. The minimum absolute atomic E-state index is 0.447. The van der Waals surface area contributed by atoms with Gasteiger partial charge in [-0.15, -0.1) is 0 Å². The summed E-state index contributed by atoms with van der Waals surface area (Å²) in [6.45, 7) is 0. The number of hydrogen-bond donors (Lipinski definition) is 0. The van der Waals surface area contributed by atoms with E-state index in [0.29, 0.717) is 22.8 Å². The second kappa shape index (κ2) is 11.9. The van der Waals surface area contributed by atoms with Gasteiger partial charge in [-0.05, 0) is 48.0 Å². The molecule has 0 radical (unpaired) electrons. The van der Waals surface area contributed by atoms with Gasteiger partial charge in [-0.25, -0.2) is 9.97 Å². The van der Waals surface area contributed by atoms with E-state index in [9.17, 15) is 5.26 Å². The first-order valence-corrected chi connectivity index (χ1v) is 17.2. The monoisotopic (exact) mass is 664 g/mol. The van der Waals surface area contributed by atoms with E-state index in [2.05, 4.69) is 102 Å². The molecule has 0 amide bonds. The average Bonchev–Trinajstić information content (AvgIpc) is 3.77. The number of aromatic nitrogens is 3. The Morgan fingerprint density at radius 1 is 0.500 bits per heavy atom. The van der Waals surface area contributed by atoms with Gasteiger partial charge in [0.15, 0.2) is 5.82 Å². The molecule has 0 N–H and O–H groups in total. The molecule has 0 atom stereocenters. The van der Waals surface area contributed by atoms with Crippen molar-refractivity contribution < 1.29 is 4.42 Å². The van der Waals surface area contributed by atoms with E-state index in [4.69, 9.17) is 14.4 Å². The second-order valence-electron chi connectivity index (χ2n) is 12.8. The summed E-state index contributed by atoms with van der Waals surface area (Å²) >= 11 is 0. The molecule has 52 heavy (non-hydrogen) atoms. The van der Waals surface area contributed by atoms with E-state index in [1.165, 1.54) is 0 Å². The molecule has 0 aliphatic heterocycles. The van der Waals surface area contributed by atoms with Crippen LogP contribution in [0.25, 0.3) is 94.5 Å². The van der Waals surface area contributed by atoms with Crippen molar-refractivity contribution in [3.63, 3.8) is 0 Å². The van der Waals surface area contributed by atoms with Gasteiger partial charge >= 0.3 is 0 Å². The summed E-state index contributed by atoms with van der Waals surface area (Å²) in [6.07, 6.45) is 0. The van der Waals surface area contributed by atoms with Crippen LogP contribution in [0.15, 0.2) is 174 Å². The summed E-state index contributed by atoms with van der Waals surface area (Å²) in [5.41, 5.74) is 11.3. The van der Waals surface area contributed by atoms with Crippen LogP contribution in [0, 0.1) is 11.3 Å². The van der Waals surface area contributed by atoms with Crippen LogP contribution < -0.4 is 0 Å². The van der Waals surface area contributed by atoms with Gasteiger partial charge in [0.1, 0.15) is 22.8 Å². The zero-order valence-electron chi connectivity index (χ0n) is 27.9. The molecule has 10 aromatic rings. The van der Waals surface area contributed by atoms with Crippen molar-refractivity contribution >= 4 is 43.7 Å². The zero-order valence-corrected chi connectivity index (χ0v) is 27.9. The van der Waals surface area contributed by atoms with Crippen LogP contribution in [0.4, 0.5) is 0 Å². The largest absolute Gasteiger partial charge is 0.455 e. The summed E-state index contributed by atoms with van der Waals surface area (Å²) < 4.78 is 8.92. The van der Waals surface area contributed by atoms with Crippen LogP contribution >= 0.6 is 0 Å². The Morgan fingerprint density at radius 2 is 1.10 bits per heavy atom. The molecule has 5 heteroatoms. The number of furan rings is 1. The Bertz CT molecular complexity index is 2950. The number of rotatable bonds is 5. The standard InChI is InChI=1S/C47H28N4O/c48-29-38-44(31-16-6-2-7-17-31)49-47(50-45(38)32-18-8-3-9-19-32)33-24-26-40(37(28-33)30-14-4-1-5-15-30)51-39-22-12-10-21-36(39)43-41(51)27-25-35-34-20-11-13-23-42(34)52-46(35)43/h1-28H. The Morgan fingerprint density at radius 3 is 1.77 bits per heavy atom. The maximum Gasteiger partial charge on any atom is 0.160 e. The van der Waals surface area contributed by atoms with Gasteiger partial charge < -0.3 is 8.98 Å². The molecule has 0 fully saturated rings. The van der Waals surface area contributed by atoms with Crippen molar-refractivity contribution in [2.75, 3.05) is 0 Å². The molecule has 0 bridgehead atoms. The van der Waals surface area contributed by atoms with Gasteiger partial charge in [-0.3, -0.25) is 0 Å². The summed E-state index contributed by atoms with van der Waals surface area (Å²) in [6, 6.07) is 60.2. The van der Waals surface area contributed by atoms with Crippen molar-refractivity contribution in [3.8, 4) is 56.8 Å². The molecule has 3 aromatic heterocycles. The second-order valence-corrected chi connectivity index (χ2v) is 12.8. The van der Waals surface area contributed by atoms with Gasteiger partial charge in [0, 0.05) is 38.4 Å². The molecule has 0 unspecified atom stereocenters. The van der Waals surface area contributed by atoms with E-state index in [1.54, 1.807) is 0 Å². The molecule has 0 spiro atoms. The van der Waals surface area contributed by atoms with E-state index >= 15 is 0 Å². The molecule has 5 nitrogen and oxygen atoms in total. The highest BCUT2D eigenvalue weighted by molar-refractivity contribution is 6.24. The van der Waals surface area contributed by atoms with Gasteiger partial charge in [0.2, 0.25) is 0 Å². The molecule has 0 aliphatic carbocycles. The first-order valence-electron chi connectivity index (χ1n) is 17.2. The van der Waals surface area contributed by atoms with Gasteiger partial charge in [-0.2, -0.15) is 5.26 Å². The predicted octanol–water partition coefficient (Wildman–Crippen LogP) is 12.0. The Hall–Kier alpha value is -7.29. The molecular weight excluding hydrogens is 637 g/mol. The van der Waals surface area contributed by atoms with Gasteiger partial charge in [-0.1, -0.05) is 127 Å². The third-order valence-corrected chi connectivity index (χ3v) is 9.88. The van der Waals surface area contributed by atoms with Crippen LogP contribution in [0.3, 0.4) is 0 Å². The van der Waals surface area contributed by atoms with Crippen LogP contribution in [0.5, 0.6) is 0 Å². The highest BCUT2D eigenvalue weighted by Gasteiger charge is 2.22. The van der Waals surface area contributed by atoms with E-state index in [-0.39, 0.29) is 0 Å². The van der Waals surface area contributed by atoms with Crippen molar-refractivity contribution in [1.29, 1.82) is 5.26 Å². The first kappa shape index (κ1) is 29.6. The molecule has 0 saturated carbocycles. The first-order chi connectivity index (χ1) is 25.8. The third kappa shape index (κ3) is 4.63. The third-order valence-electron chi connectivity index (χ3n) is 9.88. The fourth-order valence-corrected chi connectivity index (χ4v) is 7.52. The Balaban J connectivity index is 1.25. The predicted molar refractivity (Wildman–Crippen MR) is 210 cm³/mol. The number of nitrogens with zero attached hydrogens (tertiary/aromatic N) is 4. The molecule has 0 aliphatic rings. The van der Waals surface area contributed by atoms with Crippen LogP contribution in [-0.2, 0) is 0 Å². The van der Waals surface area contributed by atoms with Gasteiger partial charge in [0.25, 0.3) is 0 Å². The molecular formula is C47H28N4O. The van der Waals surface area contributed by atoms with Crippen molar-refractivity contribution in [1.82, 2.24) is 14.5 Å². The summed E-state index contributed by atoms with van der Waals surface area (Å²) in [5.74, 6) is 0.548. The van der Waals surface area contributed by atoms with Crippen molar-refractivity contribution in [3.05, 3.63) is 175 Å². The maximum atomic E-state index is 10.5. The SMILES string of the molecule is N#Cc1c(-c2ccccc2)nc(-c2ccc(-n3c4ccccc4c4c5oc6ccccc6c5ccc43)c(-c3ccccc3)c2)nc1-c1ccccc1. The fraction of sp³-hybridized carbons (Fsp3) is 0. The van der Waals surface area contributed by atoms with Crippen LogP contribution in [-0.4, -0.2) is 14.5 Å². The minimum atomic E-state index is 0.447. The number of benzene rings is 7. The van der Waals surface area contributed by atoms with Crippen LogP contribution in [0.1, 0.15) is 5.56 Å². The number of fused-ring (bicyclic) bond motifs is 7. The molecule has 7 aromatic carbocycles. The summed E-state index contributed by atoms with van der Waals surface area (Å²) in [4.78, 5) is 10.2. The number of para-hydroxylation sites is 2. The van der Waals surface area contributed by atoms with Crippen LogP contribution in [0.2, 0.25) is 0 Å². The maximum absolute atomic E-state index is 10.5. The zero-order chi connectivity index (χ0) is 34.6. The normalized spacial score (nSPS) is 11.4. The highest BCUT2D eigenvalue weighted by atomic mass is 16.3. The van der Waals surface area contributed by atoms with E-state index < -0.39 is 0 Å². The fourth-order valence-electron chi connectivity index (χ4n) is 7.52. The lowest BCUT2D eigenvalue weighted by molar-refractivity contribution is 0.673. The topological polar surface area (TPSA) is 67.6 Å². The lowest BCUT2D eigenvalue weighted by atomic mass is 9.98. The van der Waals surface area contributed by atoms with E-state index in [1.807, 2.05) is 78.9 Å². The Kier molecular flexibility index (Phi) is 6.80. The quantitative estimate of drug-likeness (QED) is 0.184. The average molecular weight is 665 g/mol. The van der Waals surface area contributed by atoms with Crippen molar-refractivity contribution in [2.45, 2.75) is 0 Å². The summed E-state index contributed by atoms with van der Waals surface area (Å²) in [7, 11) is 0. The minimum Gasteiger partial charge on any atom is -0.455 e. The smallest absolute Gasteiger partial charge is 0.160 e. The lowest BCUT2D eigenvalue weighted by Gasteiger charge is -2.17. The molecule has 0 saturated heterocycles. The molecule has 10 rings (SSSR count). The number of hydrogen-bond acceptors (Lipinski definition) is 4. The van der Waals surface area contributed by atoms with Gasteiger partial charge in [0.05, 0.1) is 33.5 Å². The highest BCUT2D eigenvalue weighted by Crippen LogP contribution is 2.43. The molecule has 242 valence electrons. The summed E-state index contributed by atoms with van der Waals surface area (Å²) in [5, 5.41) is 14.9. The van der Waals surface area contributed by atoms with E-state index in [0.717, 1.165) is 77.2 Å². The Labute approximate surface area is 299 Å². The number of nitriles is 1. The molecule has 3 heterocycles. The van der Waals surface area contributed by atoms with Crippen molar-refractivity contribution in [2.24, 2.45) is 0 Å².